The number of carbonyl (C=O) groups excluding carboxylic acids is 1. The van der Waals surface area contributed by atoms with Crippen molar-refractivity contribution in [3.63, 3.8) is 0 Å². The van der Waals surface area contributed by atoms with Crippen LogP contribution >= 0.6 is 0 Å². The third-order valence-corrected chi connectivity index (χ3v) is 3.45. The van der Waals surface area contributed by atoms with Gasteiger partial charge < -0.3 is 10.6 Å². The van der Waals surface area contributed by atoms with Crippen molar-refractivity contribution in [2.24, 2.45) is 0 Å². The fourth-order valence-corrected chi connectivity index (χ4v) is 2.18. The molecule has 2 aromatic carbocycles. The molecule has 0 amide bonds. The lowest BCUT2D eigenvalue weighted by Gasteiger charge is -2.07. The Bertz CT molecular complexity index is 534. The van der Waals surface area contributed by atoms with Crippen molar-refractivity contribution in [1.82, 2.24) is 0 Å². The second-order valence-corrected chi connectivity index (χ2v) is 5.34. The van der Waals surface area contributed by atoms with Crippen LogP contribution in [0.4, 0.5) is 11.4 Å². The molecule has 0 saturated carbocycles. The van der Waals surface area contributed by atoms with Gasteiger partial charge in [-0.25, -0.2) is 0 Å². The highest BCUT2D eigenvalue weighted by molar-refractivity contribution is 6.09. The van der Waals surface area contributed by atoms with Crippen molar-refractivity contribution in [1.29, 1.82) is 0 Å². The molecule has 0 atom stereocenters. The minimum Gasteiger partial charge on any atom is -0.385 e. The van der Waals surface area contributed by atoms with Crippen LogP contribution in [0, 0.1) is 0 Å². The lowest BCUT2D eigenvalue weighted by Crippen LogP contribution is -2.04. The molecule has 0 aliphatic carbocycles. The third-order valence-electron chi connectivity index (χ3n) is 3.45. The molecule has 3 nitrogen and oxygen atoms in total. The summed E-state index contributed by atoms with van der Waals surface area (Å²) in [5.41, 5.74) is 3.54. The second kappa shape index (κ2) is 8.23. The van der Waals surface area contributed by atoms with Crippen LogP contribution in [-0.2, 0) is 0 Å². The van der Waals surface area contributed by atoms with Gasteiger partial charge in [0.2, 0.25) is 0 Å². The van der Waals surface area contributed by atoms with E-state index in [9.17, 15) is 4.79 Å². The fourth-order valence-electron chi connectivity index (χ4n) is 2.18. The second-order valence-electron chi connectivity index (χ2n) is 5.34. The van der Waals surface area contributed by atoms with Crippen LogP contribution in [0.2, 0.25) is 0 Å². The quantitative estimate of drug-likeness (QED) is 0.702. The maximum Gasteiger partial charge on any atom is 0.193 e. The molecule has 0 spiro atoms. The first kappa shape index (κ1) is 16.1. The van der Waals surface area contributed by atoms with E-state index in [0.29, 0.717) is 0 Å². The molecular weight excluding hydrogens is 272 g/mol. The Morgan fingerprint density at radius 3 is 1.41 bits per heavy atom. The standard InChI is InChI=1S/C19H24N2O/c1-3-13-20-17-9-5-15(6-10-17)19(22)16-7-11-18(12-8-16)21-14-4-2/h5-12,20-21H,3-4,13-14H2,1-2H3. The Kier molecular flexibility index (Phi) is 6.01. The van der Waals surface area contributed by atoms with Gasteiger partial charge in [0.1, 0.15) is 0 Å². The van der Waals surface area contributed by atoms with Crippen LogP contribution < -0.4 is 10.6 Å². The molecule has 2 N–H and O–H groups in total. The summed E-state index contributed by atoms with van der Waals surface area (Å²) in [4.78, 5) is 12.5. The smallest absolute Gasteiger partial charge is 0.193 e. The first-order chi connectivity index (χ1) is 10.7. The normalized spacial score (nSPS) is 10.3. The zero-order valence-electron chi connectivity index (χ0n) is 13.4. The van der Waals surface area contributed by atoms with Gasteiger partial charge in [0, 0.05) is 35.6 Å². The van der Waals surface area contributed by atoms with Gasteiger partial charge in [0.05, 0.1) is 0 Å². The van der Waals surface area contributed by atoms with Crippen LogP contribution in [-0.4, -0.2) is 18.9 Å². The molecule has 0 fully saturated rings. The van der Waals surface area contributed by atoms with Crippen molar-refractivity contribution in [2.45, 2.75) is 26.7 Å². The molecule has 0 bridgehead atoms. The number of hydrogen-bond acceptors (Lipinski definition) is 3. The maximum absolute atomic E-state index is 12.5. The summed E-state index contributed by atoms with van der Waals surface area (Å²) in [5.74, 6) is 0.0593. The zero-order chi connectivity index (χ0) is 15.8. The fraction of sp³-hybridized carbons (Fsp3) is 0.316. The van der Waals surface area contributed by atoms with E-state index in [0.717, 1.165) is 48.4 Å². The molecule has 0 heterocycles. The SMILES string of the molecule is CCCNc1ccc(C(=O)c2ccc(NCCC)cc2)cc1. The van der Waals surface area contributed by atoms with Crippen LogP contribution in [0.5, 0.6) is 0 Å². The number of anilines is 2. The first-order valence-corrected chi connectivity index (χ1v) is 7.97. The van der Waals surface area contributed by atoms with Crippen molar-refractivity contribution >= 4 is 17.2 Å². The Morgan fingerprint density at radius 2 is 1.09 bits per heavy atom. The summed E-state index contributed by atoms with van der Waals surface area (Å²) in [7, 11) is 0. The molecule has 2 aromatic rings. The summed E-state index contributed by atoms with van der Waals surface area (Å²) in [6.45, 7) is 6.15. The van der Waals surface area contributed by atoms with Gasteiger partial charge >= 0.3 is 0 Å². The van der Waals surface area contributed by atoms with Crippen molar-refractivity contribution in [3.8, 4) is 0 Å². The third kappa shape index (κ3) is 4.35. The molecule has 22 heavy (non-hydrogen) atoms. The van der Waals surface area contributed by atoms with E-state index in [1.165, 1.54) is 0 Å². The average Bonchev–Trinajstić information content (AvgIpc) is 2.58. The summed E-state index contributed by atoms with van der Waals surface area (Å²) >= 11 is 0. The lowest BCUT2D eigenvalue weighted by atomic mass is 10.0. The van der Waals surface area contributed by atoms with Gasteiger partial charge in [-0.3, -0.25) is 4.79 Å². The highest BCUT2D eigenvalue weighted by Crippen LogP contribution is 2.16. The van der Waals surface area contributed by atoms with Crippen molar-refractivity contribution < 1.29 is 4.79 Å². The van der Waals surface area contributed by atoms with E-state index in [2.05, 4.69) is 24.5 Å². The summed E-state index contributed by atoms with van der Waals surface area (Å²) in [6, 6.07) is 15.3. The maximum atomic E-state index is 12.5. The van der Waals surface area contributed by atoms with Gasteiger partial charge in [-0.15, -0.1) is 0 Å². The number of rotatable bonds is 8. The highest BCUT2D eigenvalue weighted by atomic mass is 16.1. The van der Waals surface area contributed by atoms with Crippen LogP contribution in [0.25, 0.3) is 0 Å². The minimum atomic E-state index is 0.0593. The molecular formula is C19H24N2O. The van der Waals surface area contributed by atoms with Crippen molar-refractivity contribution in [2.75, 3.05) is 23.7 Å². The van der Waals surface area contributed by atoms with Crippen LogP contribution in [0.3, 0.4) is 0 Å². The lowest BCUT2D eigenvalue weighted by molar-refractivity contribution is 0.103. The largest absolute Gasteiger partial charge is 0.385 e. The molecule has 3 heteroatoms. The van der Waals surface area contributed by atoms with E-state index in [1.807, 2.05) is 48.5 Å². The predicted molar refractivity (Wildman–Crippen MR) is 93.9 cm³/mol. The van der Waals surface area contributed by atoms with E-state index in [1.54, 1.807) is 0 Å². The van der Waals surface area contributed by atoms with E-state index < -0.39 is 0 Å². The van der Waals surface area contributed by atoms with E-state index in [-0.39, 0.29) is 5.78 Å². The molecule has 0 aliphatic rings. The highest BCUT2D eigenvalue weighted by Gasteiger charge is 2.08. The minimum absolute atomic E-state index is 0.0593. The first-order valence-electron chi connectivity index (χ1n) is 7.97. The molecule has 0 saturated heterocycles. The summed E-state index contributed by atoms with van der Waals surface area (Å²) in [5, 5.41) is 6.62. The molecule has 0 radical (unpaired) electrons. The average molecular weight is 296 g/mol. The molecule has 0 aliphatic heterocycles. The Morgan fingerprint density at radius 1 is 0.727 bits per heavy atom. The van der Waals surface area contributed by atoms with Crippen molar-refractivity contribution in [3.05, 3.63) is 59.7 Å². The van der Waals surface area contributed by atoms with Gasteiger partial charge in [0.25, 0.3) is 0 Å². The number of hydrogen-bond donors (Lipinski definition) is 2. The Hall–Kier alpha value is -2.29. The van der Waals surface area contributed by atoms with E-state index >= 15 is 0 Å². The zero-order valence-corrected chi connectivity index (χ0v) is 13.4. The van der Waals surface area contributed by atoms with Crippen LogP contribution in [0.15, 0.2) is 48.5 Å². The number of nitrogens with one attached hydrogen (secondary N) is 2. The predicted octanol–water partition coefficient (Wildman–Crippen LogP) is 4.56. The van der Waals surface area contributed by atoms with Gasteiger partial charge in [-0.05, 0) is 61.4 Å². The molecule has 0 aromatic heterocycles. The Balaban J connectivity index is 2.04. The monoisotopic (exact) mass is 296 g/mol. The van der Waals surface area contributed by atoms with Crippen LogP contribution in [0.1, 0.15) is 42.6 Å². The topological polar surface area (TPSA) is 41.1 Å². The number of ketones is 1. The Labute approximate surface area is 132 Å². The molecule has 0 unspecified atom stereocenters. The summed E-state index contributed by atoms with van der Waals surface area (Å²) < 4.78 is 0. The molecule has 116 valence electrons. The number of carbonyl (C=O) groups is 1. The number of benzene rings is 2. The van der Waals surface area contributed by atoms with Gasteiger partial charge in [-0.1, -0.05) is 13.8 Å². The summed E-state index contributed by atoms with van der Waals surface area (Å²) in [6.07, 6.45) is 2.16. The van der Waals surface area contributed by atoms with Gasteiger partial charge in [-0.2, -0.15) is 0 Å². The molecule has 2 rings (SSSR count). The van der Waals surface area contributed by atoms with E-state index in [4.69, 9.17) is 0 Å². The van der Waals surface area contributed by atoms with Gasteiger partial charge in [0.15, 0.2) is 5.78 Å².